The molecule has 2 heterocycles. The monoisotopic (exact) mass is 366 g/mol. The van der Waals surface area contributed by atoms with E-state index in [1.165, 1.54) is 13.1 Å². The van der Waals surface area contributed by atoms with E-state index < -0.39 is 44.1 Å². The van der Waals surface area contributed by atoms with Gasteiger partial charge in [-0.1, -0.05) is 0 Å². The third kappa shape index (κ3) is 6.50. The van der Waals surface area contributed by atoms with E-state index in [0.29, 0.717) is 0 Å². The molecule has 1 saturated heterocycles. The molecule has 0 spiro atoms. The number of ether oxygens (including phenoxy) is 1. The topological polar surface area (TPSA) is 157 Å². The maximum absolute atomic E-state index is 11.7. The Morgan fingerprint density at radius 2 is 2.09 bits per heavy atom. The molecule has 10 nitrogen and oxygen atoms in total. The van der Waals surface area contributed by atoms with Crippen molar-refractivity contribution in [2.75, 3.05) is 6.61 Å². The van der Waals surface area contributed by atoms with Crippen LogP contribution in [0.3, 0.4) is 0 Å². The average molecular weight is 366 g/mol. The van der Waals surface area contributed by atoms with Gasteiger partial charge >= 0.3 is 64.8 Å². The number of hydrogen-bond donors (Lipinski definition) is 2. The van der Waals surface area contributed by atoms with Crippen LogP contribution in [0.4, 0.5) is 0 Å². The van der Waals surface area contributed by atoms with Crippen LogP contribution in [0, 0.1) is 6.92 Å². The number of aryl methyl sites for hydroxylation is 1. The Morgan fingerprint density at radius 3 is 2.65 bits per heavy atom. The Bertz CT molecular complexity index is 686. The molecule has 13 heteroatoms. The third-order valence-corrected chi connectivity index (χ3v) is 3.52. The van der Waals surface area contributed by atoms with Crippen molar-refractivity contribution in [2.24, 2.45) is 0 Å². The second kappa shape index (κ2) is 9.42. The van der Waals surface area contributed by atoms with Crippen LogP contribution in [-0.2, 0) is 13.8 Å². The van der Waals surface area contributed by atoms with Crippen molar-refractivity contribution >= 4 is 7.82 Å². The molecule has 0 saturated carbocycles. The summed E-state index contributed by atoms with van der Waals surface area (Å²) in [6, 6.07) is 0. The molecule has 1 aliphatic heterocycles. The van der Waals surface area contributed by atoms with Gasteiger partial charge in [0.05, 0.1) is 20.5 Å². The molecule has 0 aromatic carbocycles. The fourth-order valence-electron chi connectivity index (χ4n) is 2.00. The van der Waals surface area contributed by atoms with Crippen LogP contribution in [0.25, 0.3) is 0 Å². The van der Waals surface area contributed by atoms with Gasteiger partial charge in [0.15, 0.2) is 0 Å². The second-order valence-corrected chi connectivity index (χ2v) is 5.81. The number of aliphatic hydroxyl groups excluding tert-OH is 1. The van der Waals surface area contributed by atoms with Crippen LogP contribution in [0.1, 0.15) is 18.2 Å². The zero-order valence-electron chi connectivity index (χ0n) is 12.9. The Morgan fingerprint density at radius 1 is 1.48 bits per heavy atom. The van der Waals surface area contributed by atoms with E-state index >= 15 is 0 Å². The van der Waals surface area contributed by atoms with Crippen molar-refractivity contribution < 1.29 is 87.8 Å². The summed E-state index contributed by atoms with van der Waals surface area (Å²) in [7, 11) is -5.17. The summed E-state index contributed by atoms with van der Waals surface area (Å²) < 4.78 is 20.8. The van der Waals surface area contributed by atoms with Gasteiger partial charge < -0.3 is 28.7 Å². The van der Waals surface area contributed by atoms with Crippen LogP contribution in [0.2, 0.25) is 0 Å². The van der Waals surface area contributed by atoms with E-state index in [0.717, 1.165) is 4.57 Å². The quantitative estimate of drug-likeness (QED) is 0.393. The summed E-state index contributed by atoms with van der Waals surface area (Å²) in [6.07, 6.45) is -1.81. The summed E-state index contributed by atoms with van der Waals surface area (Å²) >= 11 is 0. The Labute approximate surface area is 175 Å². The van der Waals surface area contributed by atoms with Gasteiger partial charge in [0.1, 0.15) is 12.3 Å². The van der Waals surface area contributed by atoms with Crippen molar-refractivity contribution in [3.8, 4) is 0 Å². The molecule has 1 aliphatic rings. The molecular weight excluding hydrogens is 353 g/mol. The smallest absolute Gasteiger partial charge is 0.790 e. The average Bonchev–Trinajstić information content (AvgIpc) is 2.72. The summed E-state index contributed by atoms with van der Waals surface area (Å²) in [6.45, 7) is 0.852. The Balaban J connectivity index is 0.00000242. The molecule has 0 aliphatic carbocycles. The molecule has 0 unspecified atom stereocenters. The number of phosphoric acid groups is 1. The first-order valence-electron chi connectivity index (χ1n) is 5.99. The summed E-state index contributed by atoms with van der Waals surface area (Å²) in [5.74, 6) is 0. The fraction of sp³-hybridized carbons (Fsp3) is 0.600. The molecule has 0 radical (unpaired) electrons. The van der Waals surface area contributed by atoms with E-state index in [1.807, 2.05) is 0 Å². The minimum Gasteiger partial charge on any atom is -0.790 e. The second-order valence-electron chi connectivity index (χ2n) is 4.65. The molecule has 3 atom stereocenters. The minimum absolute atomic E-state index is 0. The number of aromatic amines is 1. The number of aliphatic hydroxyl groups is 1. The number of aromatic nitrogens is 2. The largest absolute Gasteiger partial charge is 1.00 e. The molecule has 0 bridgehead atoms. The SMILES string of the molecule is Cc1cn([C@H]2C[C@H](O)[C@H](COP(=O)([O-])[O-])O2)c(=O)[nH]c1=O.[Na+].[Na+]. The Hall–Kier alpha value is 0.710. The number of nitrogens with one attached hydrogen (secondary N) is 1. The zero-order chi connectivity index (χ0) is 15.8. The minimum atomic E-state index is -5.17. The van der Waals surface area contributed by atoms with E-state index in [-0.39, 0.29) is 71.1 Å². The van der Waals surface area contributed by atoms with Gasteiger partial charge in [0, 0.05) is 18.2 Å². The first-order valence-corrected chi connectivity index (χ1v) is 7.45. The summed E-state index contributed by atoms with van der Waals surface area (Å²) in [5, 5.41) is 9.75. The zero-order valence-corrected chi connectivity index (χ0v) is 17.8. The van der Waals surface area contributed by atoms with Gasteiger partial charge in [-0.15, -0.1) is 0 Å². The fourth-order valence-corrected chi connectivity index (χ4v) is 2.33. The molecule has 1 aromatic rings. The van der Waals surface area contributed by atoms with E-state index in [9.17, 15) is 29.0 Å². The summed E-state index contributed by atoms with van der Waals surface area (Å²) in [4.78, 5) is 45.8. The standard InChI is InChI=1S/C10H15N2O8P.2Na/c1-5-3-12(10(15)11-9(5)14)8-2-6(13)7(20-8)4-19-21(16,17)18;;/h3,6-8,13H,2,4H2,1H3,(H,11,14,15)(H2,16,17,18);;/q;2*+1/p-2/t6-,7-,8+;;/m0../s1. The Kier molecular flexibility index (Phi) is 9.71. The number of phosphoric ester groups is 1. The molecule has 1 aromatic heterocycles. The van der Waals surface area contributed by atoms with Crippen LogP contribution in [-0.4, -0.2) is 33.5 Å². The van der Waals surface area contributed by atoms with E-state index in [2.05, 4.69) is 9.51 Å². The van der Waals surface area contributed by atoms with Crippen molar-refractivity contribution in [3.05, 3.63) is 32.6 Å². The van der Waals surface area contributed by atoms with Crippen molar-refractivity contribution in [1.82, 2.24) is 9.55 Å². The van der Waals surface area contributed by atoms with E-state index in [1.54, 1.807) is 0 Å². The first-order chi connectivity index (χ1) is 9.67. The van der Waals surface area contributed by atoms with Crippen LogP contribution >= 0.6 is 7.82 Å². The van der Waals surface area contributed by atoms with Gasteiger partial charge in [-0.25, -0.2) is 4.79 Å². The van der Waals surface area contributed by atoms with Crippen molar-refractivity contribution in [2.45, 2.75) is 31.8 Å². The molecule has 23 heavy (non-hydrogen) atoms. The molecule has 2 N–H and O–H groups in total. The normalized spacial score (nSPS) is 23.9. The molecule has 118 valence electrons. The van der Waals surface area contributed by atoms with E-state index in [4.69, 9.17) is 4.74 Å². The molecule has 2 rings (SSSR count). The van der Waals surface area contributed by atoms with Gasteiger partial charge in [-0.05, 0) is 6.92 Å². The summed E-state index contributed by atoms with van der Waals surface area (Å²) in [5.41, 5.74) is -0.980. The predicted octanol–water partition coefficient (Wildman–Crippen LogP) is -8.65. The number of hydrogen-bond acceptors (Lipinski definition) is 8. The van der Waals surface area contributed by atoms with Crippen LogP contribution in [0.5, 0.6) is 0 Å². The number of nitrogens with zero attached hydrogens (tertiary/aromatic N) is 1. The maximum Gasteiger partial charge on any atom is 1.00 e. The molecule has 1 fully saturated rings. The predicted molar refractivity (Wildman–Crippen MR) is 64.2 cm³/mol. The van der Waals surface area contributed by atoms with Gasteiger partial charge in [0.2, 0.25) is 0 Å². The molecule has 0 amide bonds. The van der Waals surface area contributed by atoms with Gasteiger partial charge in [-0.3, -0.25) is 14.3 Å². The number of rotatable bonds is 4. The van der Waals surface area contributed by atoms with Gasteiger partial charge in [-0.2, -0.15) is 0 Å². The van der Waals surface area contributed by atoms with Gasteiger partial charge in [0.25, 0.3) is 5.56 Å². The first kappa shape index (κ1) is 23.7. The molecular formula is C10H13N2Na2O8P. The van der Waals surface area contributed by atoms with Crippen LogP contribution in [0.15, 0.2) is 15.8 Å². The van der Waals surface area contributed by atoms with Crippen LogP contribution < -0.4 is 80.2 Å². The third-order valence-electron chi connectivity index (χ3n) is 3.06. The van der Waals surface area contributed by atoms with Crippen molar-refractivity contribution in [3.63, 3.8) is 0 Å². The maximum atomic E-state index is 11.7. The van der Waals surface area contributed by atoms with Crippen molar-refractivity contribution in [1.29, 1.82) is 0 Å². The number of H-pyrrole nitrogens is 1.